The lowest BCUT2D eigenvalue weighted by atomic mass is 10.2. The quantitative estimate of drug-likeness (QED) is 0.293. The number of hydrogen-bond acceptors (Lipinski definition) is 4. The molecule has 0 unspecified atom stereocenters. The van der Waals surface area contributed by atoms with E-state index in [1.165, 1.54) is 24.9 Å². The van der Waals surface area contributed by atoms with E-state index in [-0.39, 0.29) is 11.0 Å². The maximum Gasteiger partial charge on any atom is 0.449 e. The Labute approximate surface area is 176 Å². The first-order valence-corrected chi connectivity index (χ1v) is 10.0. The Morgan fingerprint density at radius 1 is 0.871 bits per heavy atom. The average Bonchev–Trinajstić information content (AvgIpc) is 3.18. The van der Waals surface area contributed by atoms with Crippen LogP contribution < -0.4 is 0 Å². The van der Waals surface area contributed by atoms with Crippen molar-refractivity contribution in [2.24, 2.45) is 14.1 Å². The van der Waals surface area contributed by atoms with Gasteiger partial charge in [0.15, 0.2) is 0 Å². The van der Waals surface area contributed by atoms with E-state index in [0.717, 1.165) is 16.8 Å². The number of hydrogen-bond donors (Lipinski definition) is 0. The number of rotatable bonds is 3. The van der Waals surface area contributed by atoms with E-state index in [4.69, 9.17) is 0 Å². The summed E-state index contributed by atoms with van der Waals surface area (Å²) >= 11 is 1.39. The third-order valence-electron chi connectivity index (χ3n) is 4.83. The molecule has 0 N–H and O–H groups in total. The highest BCUT2D eigenvalue weighted by Gasteiger charge is 2.37. The molecular weight excluding hydrogens is 444 g/mol. The summed E-state index contributed by atoms with van der Waals surface area (Å²) in [6.45, 7) is 1.89. The Balaban J connectivity index is 1.97. The van der Waals surface area contributed by atoms with Crippen molar-refractivity contribution in [1.29, 1.82) is 0 Å². The molecule has 0 aliphatic rings. The van der Waals surface area contributed by atoms with Crippen molar-refractivity contribution in [3.8, 4) is 11.4 Å². The summed E-state index contributed by atoms with van der Waals surface area (Å²) in [5.74, 6) is -0.0871. The molecule has 3 heterocycles. The largest absolute Gasteiger partial charge is 0.449 e. The predicted octanol–water partition coefficient (Wildman–Crippen LogP) is 5.67. The van der Waals surface area contributed by atoms with Crippen LogP contribution in [0.1, 0.15) is 18.4 Å². The lowest BCUT2D eigenvalue weighted by molar-refractivity contribution is -0.146. The second-order valence-electron chi connectivity index (χ2n) is 6.81. The normalized spacial score (nSPS) is 12.9. The minimum absolute atomic E-state index is 0.0874. The van der Waals surface area contributed by atoms with E-state index in [1.807, 2.05) is 6.92 Å². The third kappa shape index (κ3) is 3.62. The van der Waals surface area contributed by atoms with Gasteiger partial charge in [-0.2, -0.15) is 26.3 Å². The lowest BCUT2D eigenvalue weighted by Gasteiger charge is -2.10. The highest BCUT2D eigenvalue weighted by Crippen LogP contribution is 2.38. The number of benzene rings is 1. The molecule has 0 aliphatic heterocycles. The second kappa shape index (κ2) is 7.14. The number of aryl methyl sites for hydroxylation is 2. The van der Waals surface area contributed by atoms with Crippen LogP contribution in [-0.4, -0.2) is 29.8 Å². The van der Waals surface area contributed by atoms with Crippen LogP contribution in [0.25, 0.3) is 33.5 Å². The summed E-state index contributed by atoms with van der Waals surface area (Å²) in [6, 6.07) is 3.94. The predicted molar refractivity (Wildman–Crippen MR) is 105 cm³/mol. The molecule has 0 saturated heterocycles. The molecule has 0 amide bonds. The highest BCUT2D eigenvalue weighted by molar-refractivity contribution is 7.99. The van der Waals surface area contributed by atoms with Crippen molar-refractivity contribution in [2.45, 2.75) is 24.2 Å². The molecule has 0 spiro atoms. The van der Waals surface area contributed by atoms with E-state index in [9.17, 15) is 26.3 Å². The first kappa shape index (κ1) is 21.5. The van der Waals surface area contributed by atoms with E-state index in [2.05, 4.69) is 15.0 Å². The third-order valence-corrected chi connectivity index (χ3v) is 5.77. The Kier molecular flexibility index (Phi) is 4.95. The number of alkyl halides is 6. The standard InChI is InChI=1S/C19H15F6N5S/c1-4-31-14-7-12-10(28-17(30(12)3)19(23,24)25)5-9(14)16-27-11-6-15(18(20,21)22)26-8-13(11)29(16)2/h5-8H,4H2,1-3H3. The van der Waals surface area contributed by atoms with Crippen LogP contribution in [0.3, 0.4) is 0 Å². The van der Waals surface area contributed by atoms with Gasteiger partial charge in [0, 0.05) is 24.6 Å². The smallest absolute Gasteiger partial charge is 0.326 e. The van der Waals surface area contributed by atoms with Crippen molar-refractivity contribution in [2.75, 3.05) is 5.75 Å². The number of pyridine rings is 1. The molecule has 0 radical (unpaired) electrons. The van der Waals surface area contributed by atoms with Gasteiger partial charge in [-0.05, 0) is 24.0 Å². The van der Waals surface area contributed by atoms with Gasteiger partial charge in [0.2, 0.25) is 5.82 Å². The Morgan fingerprint density at radius 2 is 1.55 bits per heavy atom. The van der Waals surface area contributed by atoms with Crippen molar-refractivity contribution in [1.82, 2.24) is 24.1 Å². The van der Waals surface area contributed by atoms with Crippen molar-refractivity contribution in [3.63, 3.8) is 0 Å². The molecule has 0 atom stereocenters. The number of aromatic nitrogens is 5. The van der Waals surface area contributed by atoms with Gasteiger partial charge < -0.3 is 9.13 Å². The SMILES string of the molecule is CCSc1cc2c(cc1-c1nc3cc(C(F)(F)F)ncc3n1C)nc(C(F)(F)F)n2C. The second-order valence-corrected chi connectivity index (χ2v) is 8.12. The van der Waals surface area contributed by atoms with Gasteiger partial charge in [0.25, 0.3) is 0 Å². The van der Waals surface area contributed by atoms with Crippen LogP contribution in [-0.2, 0) is 26.4 Å². The summed E-state index contributed by atoms with van der Waals surface area (Å²) in [7, 11) is 2.90. The van der Waals surface area contributed by atoms with Crippen LogP contribution in [0.15, 0.2) is 29.3 Å². The molecule has 5 nitrogen and oxygen atoms in total. The molecule has 164 valence electrons. The first-order chi connectivity index (χ1) is 14.4. The monoisotopic (exact) mass is 459 g/mol. The van der Waals surface area contributed by atoms with Gasteiger partial charge in [0.1, 0.15) is 11.5 Å². The Hall–Kier alpha value is -2.76. The average molecular weight is 459 g/mol. The number of imidazole rings is 2. The summed E-state index contributed by atoms with van der Waals surface area (Å²) in [4.78, 5) is 12.2. The lowest BCUT2D eigenvalue weighted by Crippen LogP contribution is -2.12. The van der Waals surface area contributed by atoms with Crippen LogP contribution >= 0.6 is 11.8 Å². The highest BCUT2D eigenvalue weighted by atomic mass is 32.2. The number of thioether (sulfide) groups is 1. The number of halogens is 6. The molecule has 1 aromatic carbocycles. The van der Waals surface area contributed by atoms with Gasteiger partial charge in [0.05, 0.1) is 28.3 Å². The van der Waals surface area contributed by atoms with Crippen molar-refractivity contribution >= 4 is 33.8 Å². The molecule has 0 aliphatic carbocycles. The Bertz CT molecular complexity index is 1300. The van der Waals surface area contributed by atoms with Gasteiger partial charge in [-0.1, -0.05) is 6.92 Å². The zero-order chi connectivity index (χ0) is 22.7. The van der Waals surface area contributed by atoms with E-state index in [0.29, 0.717) is 33.1 Å². The summed E-state index contributed by atoms with van der Waals surface area (Å²) in [5.41, 5.74) is 0.288. The van der Waals surface area contributed by atoms with E-state index < -0.39 is 23.9 Å². The van der Waals surface area contributed by atoms with Crippen LogP contribution in [0, 0.1) is 0 Å². The van der Waals surface area contributed by atoms with E-state index >= 15 is 0 Å². The molecule has 0 bridgehead atoms. The molecular formula is C19H15F6N5S. The van der Waals surface area contributed by atoms with Crippen LogP contribution in [0.5, 0.6) is 0 Å². The maximum atomic E-state index is 13.3. The summed E-state index contributed by atoms with van der Waals surface area (Å²) in [6.07, 6.45) is -8.15. The maximum absolute atomic E-state index is 13.3. The first-order valence-electron chi connectivity index (χ1n) is 9.02. The molecule has 0 fully saturated rings. The summed E-state index contributed by atoms with van der Waals surface area (Å²) < 4.78 is 81.5. The topological polar surface area (TPSA) is 48.5 Å². The molecule has 3 aromatic heterocycles. The number of fused-ring (bicyclic) bond motifs is 2. The number of nitrogens with zero attached hydrogens (tertiary/aromatic N) is 5. The van der Waals surface area contributed by atoms with Gasteiger partial charge >= 0.3 is 12.4 Å². The Morgan fingerprint density at radius 3 is 2.16 bits per heavy atom. The minimum atomic E-state index is -4.62. The van der Waals surface area contributed by atoms with Gasteiger partial charge in [-0.15, -0.1) is 11.8 Å². The van der Waals surface area contributed by atoms with Crippen LogP contribution in [0.2, 0.25) is 0 Å². The fourth-order valence-electron chi connectivity index (χ4n) is 3.41. The summed E-state index contributed by atoms with van der Waals surface area (Å²) in [5, 5.41) is 0. The van der Waals surface area contributed by atoms with Gasteiger partial charge in [-0.25, -0.2) is 15.0 Å². The van der Waals surface area contributed by atoms with Crippen molar-refractivity contribution in [3.05, 3.63) is 35.9 Å². The van der Waals surface area contributed by atoms with Crippen molar-refractivity contribution < 1.29 is 26.3 Å². The zero-order valence-electron chi connectivity index (χ0n) is 16.4. The molecule has 12 heteroatoms. The minimum Gasteiger partial charge on any atom is -0.326 e. The fraction of sp³-hybridized carbons (Fsp3) is 0.316. The van der Waals surface area contributed by atoms with Gasteiger partial charge in [-0.3, -0.25) is 0 Å². The molecule has 31 heavy (non-hydrogen) atoms. The zero-order valence-corrected chi connectivity index (χ0v) is 17.2. The van der Waals surface area contributed by atoms with Crippen LogP contribution in [0.4, 0.5) is 26.3 Å². The molecule has 0 saturated carbocycles. The fourth-order valence-corrected chi connectivity index (χ4v) is 4.22. The molecule has 4 rings (SSSR count). The van der Waals surface area contributed by atoms with E-state index in [1.54, 1.807) is 17.7 Å². The molecule has 4 aromatic rings.